The Bertz CT molecular complexity index is 361. The standard InChI is InChI=1S/C15H21BrO2/c16-14-7-4-8-15(9-14)18-11-13(10-17)12-5-2-1-3-6-12/h4,7-9,12-13,17H,1-3,5-6,10-11H2. The number of benzene rings is 1. The van der Waals surface area contributed by atoms with Gasteiger partial charge in [0.25, 0.3) is 0 Å². The molecule has 0 spiro atoms. The average molecular weight is 313 g/mol. The van der Waals surface area contributed by atoms with Crippen molar-refractivity contribution >= 4 is 15.9 Å². The third kappa shape index (κ3) is 3.99. The van der Waals surface area contributed by atoms with Crippen LogP contribution in [0.1, 0.15) is 32.1 Å². The first kappa shape index (κ1) is 13.9. The first-order valence-electron chi connectivity index (χ1n) is 6.79. The molecule has 1 aliphatic carbocycles. The molecule has 1 aliphatic rings. The van der Waals surface area contributed by atoms with Gasteiger partial charge in [0.05, 0.1) is 6.61 Å². The number of hydrogen-bond donors (Lipinski definition) is 1. The Hall–Kier alpha value is -0.540. The molecule has 1 saturated carbocycles. The minimum Gasteiger partial charge on any atom is -0.493 e. The number of aliphatic hydroxyl groups is 1. The average Bonchev–Trinajstić information content (AvgIpc) is 2.41. The predicted molar refractivity (Wildman–Crippen MR) is 76.8 cm³/mol. The smallest absolute Gasteiger partial charge is 0.120 e. The van der Waals surface area contributed by atoms with Gasteiger partial charge in [-0.1, -0.05) is 41.3 Å². The lowest BCUT2D eigenvalue weighted by Crippen LogP contribution is -2.26. The fourth-order valence-electron chi connectivity index (χ4n) is 2.70. The molecule has 2 nitrogen and oxygen atoms in total. The molecular formula is C15H21BrO2. The summed E-state index contributed by atoms with van der Waals surface area (Å²) in [6.07, 6.45) is 6.44. The second kappa shape index (κ2) is 7.15. The quantitative estimate of drug-likeness (QED) is 0.890. The van der Waals surface area contributed by atoms with E-state index < -0.39 is 0 Å². The second-order valence-electron chi connectivity index (χ2n) is 5.11. The van der Waals surface area contributed by atoms with Crippen molar-refractivity contribution in [3.8, 4) is 5.75 Å². The number of hydrogen-bond acceptors (Lipinski definition) is 2. The van der Waals surface area contributed by atoms with Crippen LogP contribution in [-0.2, 0) is 0 Å². The molecule has 0 aliphatic heterocycles. The molecule has 0 amide bonds. The number of ether oxygens (including phenoxy) is 1. The Morgan fingerprint density at radius 2 is 2.06 bits per heavy atom. The SMILES string of the molecule is OCC(COc1cccc(Br)c1)C1CCCCC1. The van der Waals surface area contributed by atoms with E-state index in [0.29, 0.717) is 12.5 Å². The summed E-state index contributed by atoms with van der Waals surface area (Å²) in [6.45, 7) is 0.857. The van der Waals surface area contributed by atoms with Gasteiger partial charge in [-0.2, -0.15) is 0 Å². The summed E-state index contributed by atoms with van der Waals surface area (Å²) in [5.74, 6) is 1.79. The lowest BCUT2D eigenvalue weighted by molar-refractivity contribution is 0.0983. The third-order valence-corrected chi connectivity index (χ3v) is 4.30. The van der Waals surface area contributed by atoms with E-state index in [1.54, 1.807) is 0 Å². The molecule has 18 heavy (non-hydrogen) atoms. The molecular weight excluding hydrogens is 292 g/mol. The zero-order valence-corrected chi connectivity index (χ0v) is 12.2. The molecule has 0 saturated heterocycles. The summed E-state index contributed by atoms with van der Waals surface area (Å²) in [7, 11) is 0. The summed E-state index contributed by atoms with van der Waals surface area (Å²) in [4.78, 5) is 0. The molecule has 1 fully saturated rings. The largest absolute Gasteiger partial charge is 0.493 e. The Morgan fingerprint density at radius 1 is 1.28 bits per heavy atom. The lowest BCUT2D eigenvalue weighted by Gasteiger charge is -2.28. The maximum absolute atomic E-state index is 9.52. The Labute approximate surface area is 117 Å². The topological polar surface area (TPSA) is 29.5 Å². The van der Waals surface area contributed by atoms with Gasteiger partial charge >= 0.3 is 0 Å². The third-order valence-electron chi connectivity index (χ3n) is 3.81. The maximum atomic E-state index is 9.52. The summed E-state index contributed by atoms with van der Waals surface area (Å²) in [5.41, 5.74) is 0. The van der Waals surface area contributed by atoms with E-state index in [-0.39, 0.29) is 12.5 Å². The summed E-state index contributed by atoms with van der Waals surface area (Å²) in [5, 5.41) is 9.52. The molecule has 100 valence electrons. The molecule has 2 rings (SSSR count). The van der Waals surface area contributed by atoms with Crippen LogP contribution in [0.5, 0.6) is 5.75 Å². The fraction of sp³-hybridized carbons (Fsp3) is 0.600. The molecule has 3 heteroatoms. The maximum Gasteiger partial charge on any atom is 0.120 e. The zero-order chi connectivity index (χ0) is 12.8. The lowest BCUT2D eigenvalue weighted by atomic mass is 9.81. The van der Waals surface area contributed by atoms with Crippen LogP contribution in [0.3, 0.4) is 0 Å². The number of aliphatic hydroxyl groups excluding tert-OH is 1. The number of rotatable bonds is 5. The van der Waals surface area contributed by atoms with Crippen molar-refractivity contribution in [2.24, 2.45) is 11.8 Å². The highest BCUT2D eigenvalue weighted by Crippen LogP contribution is 2.30. The van der Waals surface area contributed by atoms with Gasteiger partial charge < -0.3 is 9.84 Å². The van der Waals surface area contributed by atoms with Gasteiger partial charge in [-0.25, -0.2) is 0 Å². The summed E-state index contributed by atoms with van der Waals surface area (Å²) >= 11 is 3.43. The van der Waals surface area contributed by atoms with Gasteiger partial charge in [0.2, 0.25) is 0 Å². The van der Waals surface area contributed by atoms with Crippen LogP contribution in [0.15, 0.2) is 28.7 Å². The molecule has 0 aromatic heterocycles. The van der Waals surface area contributed by atoms with Crippen molar-refractivity contribution in [2.75, 3.05) is 13.2 Å². The van der Waals surface area contributed by atoms with Crippen molar-refractivity contribution in [1.29, 1.82) is 0 Å². The Kier molecular flexibility index (Phi) is 5.51. The molecule has 1 aromatic rings. The van der Waals surface area contributed by atoms with Gasteiger partial charge in [-0.05, 0) is 37.0 Å². The van der Waals surface area contributed by atoms with Crippen molar-refractivity contribution in [3.05, 3.63) is 28.7 Å². The van der Waals surface area contributed by atoms with Crippen molar-refractivity contribution in [2.45, 2.75) is 32.1 Å². The van der Waals surface area contributed by atoms with E-state index >= 15 is 0 Å². The predicted octanol–water partition coefficient (Wildman–Crippen LogP) is 4.02. The number of halogens is 1. The van der Waals surface area contributed by atoms with Crippen LogP contribution in [0, 0.1) is 11.8 Å². The molecule has 1 atom stereocenters. The van der Waals surface area contributed by atoms with E-state index in [4.69, 9.17) is 4.74 Å². The zero-order valence-electron chi connectivity index (χ0n) is 10.6. The van der Waals surface area contributed by atoms with Gasteiger partial charge in [0.1, 0.15) is 5.75 Å². The molecule has 0 heterocycles. The van der Waals surface area contributed by atoms with Crippen LogP contribution < -0.4 is 4.74 Å². The minimum atomic E-state index is 0.235. The highest BCUT2D eigenvalue weighted by molar-refractivity contribution is 9.10. The van der Waals surface area contributed by atoms with E-state index in [0.717, 1.165) is 10.2 Å². The molecule has 0 radical (unpaired) electrons. The van der Waals surface area contributed by atoms with Gasteiger partial charge in [-0.3, -0.25) is 0 Å². The molecule has 1 aromatic carbocycles. The molecule has 1 N–H and O–H groups in total. The summed E-state index contributed by atoms with van der Waals surface area (Å²) < 4.78 is 6.83. The Morgan fingerprint density at radius 3 is 2.72 bits per heavy atom. The molecule has 1 unspecified atom stereocenters. The molecule has 0 bridgehead atoms. The normalized spacial score (nSPS) is 18.6. The van der Waals surface area contributed by atoms with Crippen LogP contribution in [0.2, 0.25) is 0 Å². The Balaban J connectivity index is 1.86. The van der Waals surface area contributed by atoms with Crippen molar-refractivity contribution in [1.82, 2.24) is 0 Å². The van der Waals surface area contributed by atoms with Crippen LogP contribution in [-0.4, -0.2) is 18.3 Å². The van der Waals surface area contributed by atoms with Crippen LogP contribution >= 0.6 is 15.9 Å². The minimum absolute atomic E-state index is 0.235. The van der Waals surface area contributed by atoms with Crippen LogP contribution in [0.4, 0.5) is 0 Å². The van der Waals surface area contributed by atoms with E-state index in [2.05, 4.69) is 15.9 Å². The first-order chi connectivity index (χ1) is 8.79. The highest BCUT2D eigenvalue weighted by Gasteiger charge is 2.23. The second-order valence-corrected chi connectivity index (χ2v) is 6.02. The van der Waals surface area contributed by atoms with E-state index in [9.17, 15) is 5.11 Å². The van der Waals surface area contributed by atoms with Crippen molar-refractivity contribution < 1.29 is 9.84 Å². The monoisotopic (exact) mass is 312 g/mol. The van der Waals surface area contributed by atoms with Gasteiger partial charge in [0, 0.05) is 17.0 Å². The highest BCUT2D eigenvalue weighted by atomic mass is 79.9. The van der Waals surface area contributed by atoms with Crippen molar-refractivity contribution in [3.63, 3.8) is 0 Å². The van der Waals surface area contributed by atoms with Gasteiger partial charge in [0.15, 0.2) is 0 Å². The first-order valence-corrected chi connectivity index (χ1v) is 7.58. The fourth-order valence-corrected chi connectivity index (χ4v) is 3.08. The summed E-state index contributed by atoms with van der Waals surface area (Å²) in [6, 6.07) is 7.88. The van der Waals surface area contributed by atoms with E-state index in [1.165, 1.54) is 32.1 Å². The van der Waals surface area contributed by atoms with Crippen LogP contribution in [0.25, 0.3) is 0 Å². The van der Waals surface area contributed by atoms with Gasteiger partial charge in [-0.15, -0.1) is 0 Å². The van der Waals surface area contributed by atoms with E-state index in [1.807, 2.05) is 24.3 Å².